The average molecular weight is 332 g/mol. The van der Waals surface area contributed by atoms with Crippen LogP contribution in [0.5, 0.6) is 0 Å². The first-order valence-electron chi connectivity index (χ1n) is 6.32. The van der Waals surface area contributed by atoms with Gasteiger partial charge in [-0.25, -0.2) is 4.68 Å². The predicted molar refractivity (Wildman–Crippen MR) is 75.5 cm³/mol. The van der Waals surface area contributed by atoms with Crippen molar-refractivity contribution in [1.82, 2.24) is 9.78 Å². The van der Waals surface area contributed by atoms with Crippen molar-refractivity contribution in [1.29, 1.82) is 0 Å². The average Bonchev–Trinajstić information content (AvgIpc) is 2.92. The minimum absolute atomic E-state index is 0.158. The molecule has 1 aromatic rings. The highest BCUT2D eigenvalue weighted by Gasteiger charge is 2.16. The van der Waals surface area contributed by atoms with Gasteiger partial charge in [0.25, 0.3) is 5.56 Å². The molecule has 106 valence electrons. The predicted octanol–water partition coefficient (Wildman–Crippen LogP) is 1.24. The number of hydrogen-bond donors (Lipinski definition) is 1. The van der Waals surface area contributed by atoms with Gasteiger partial charge in [-0.15, -0.1) is 0 Å². The first-order chi connectivity index (χ1) is 9.22. The highest BCUT2D eigenvalue weighted by molar-refractivity contribution is 9.10. The van der Waals surface area contributed by atoms with Crippen molar-refractivity contribution in [3.05, 3.63) is 21.0 Å². The summed E-state index contributed by atoms with van der Waals surface area (Å²) in [7, 11) is 1.59. The second-order valence-electron chi connectivity index (χ2n) is 4.41. The van der Waals surface area contributed by atoms with E-state index in [0.29, 0.717) is 29.9 Å². The van der Waals surface area contributed by atoms with Crippen LogP contribution in [0.3, 0.4) is 0 Å². The Morgan fingerprint density at radius 1 is 1.68 bits per heavy atom. The van der Waals surface area contributed by atoms with Gasteiger partial charge in [0.1, 0.15) is 4.47 Å². The Morgan fingerprint density at radius 2 is 2.53 bits per heavy atom. The van der Waals surface area contributed by atoms with Crippen LogP contribution in [0.2, 0.25) is 0 Å². The van der Waals surface area contributed by atoms with Crippen LogP contribution in [-0.4, -0.2) is 42.8 Å². The molecule has 2 heterocycles. The summed E-state index contributed by atoms with van der Waals surface area (Å²) < 4.78 is 12.3. The summed E-state index contributed by atoms with van der Waals surface area (Å²) in [6, 6.07) is 0. The van der Waals surface area contributed by atoms with Gasteiger partial charge < -0.3 is 14.8 Å². The molecule has 1 fully saturated rings. The minimum atomic E-state index is -0.158. The van der Waals surface area contributed by atoms with Crippen molar-refractivity contribution in [2.45, 2.75) is 25.5 Å². The van der Waals surface area contributed by atoms with Gasteiger partial charge in [-0.05, 0) is 28.8 Å². The topological polar surface area (TPSA) is 65.4 Å². The lowest BCUT2D eigenvalue weighted by atomic mass is 10.2. The maximum atomic E-state index is 12.0. The maximum Gasteiger partial charge on any atom is 0.283 e. The van der Waals surface area contributed by atoms with Crippen molar-refractivity contribution in [3.63, 3.8) is 0 Å². The molecule has 19 heavy (non-hydrogen) atoms. The van der Waals surface area contributed by atoms with E-state index in [9.17, 15) is 4.79 Å². The highest BCUT2D eigenvalue weighted by atomic mass is 79.9. The van der Waals surface area contributed by atoms with Crippen LogP contribution < -0.4 is 10.9 Å². The van der Waals surface area contributed by atoms with E-state index in [1.807, 2.05) is 0 Å². The van der Waals surface area contributed by atoms with E-state index in [-0.39, 0.29) is 11.7 Å². The third-order valence-corrected chi connectivity index (χ3v) is 3.80. The molecule has 1 N–H and O–H groups in total. The molecule has 2 rings (SSSR count). The molecule has 6 nitrogen and oxygen atoms in total. The van der Waals surface area contributed by atoms with Crippen LogP contribution in [0.4, 0.5) is 5.69 Å². The zero-order valence-corrected chi connectivity index (χ0v) is 12.5. The molecule has 1 aliphatic rings. The molecular formula is C12H18BrN3O3. The normalized spacial score (nSPS) is 18.7. The summed E-state index contributed by atoms with van der Waals surface area (Å²) in [5, 5.41) is 7.31. The lowest BCUT2D eigenvalue weighted by Crippen LogP contribution is -2.27. The van der Waals surface area contributed by atoms with Crippen LogP contribution >= 0.6 is 15.9 Å². The summed E-state index contributed by atoms with van der Waals surface area (Å²) in [6.07, 6.45) is 4.03. The van der Waals surface area contributed by atoms with E-state index in [2.05, 4.69) is 26.3 Å². The Labute approximate surface area is 120 Å². The molecule has 0 aliphatic carbocycles. The van der Waals surface area contributed by atoms with Crippen LogP contribution in [0.1, 0.15) is 12.8 Å². The van der Waals surface area contributed by atoms with Gasteiger partial charge in [0.15, 0.2) is 0 Å². The van der Waals surface area contributed by atoms with Crippen molar-refractivity contribution < 1.29 is 9.47 Å². The molecule has 0 radical (unpaired) electrons. The van der Waals surface area contributed by atoms with Gasteiger partial charge in [-0.3, -0.25) is 4.79 Å². The van der Waals surface area contributed by atoms with E-state index in [4.69, 9.17) is 9.47 Å². The number of methoxy groups -OCH3 is 1. The summed E-state index contributed by atoms with van der Waals surface area (Å²) in [4.78, 5) is 12.0. The molecule has 1 saturated heterocycles. The van der Waals surface area contributed by atoms with E-state index in [0.717, 1.165) is 19.4 Å². The molecule has 0 bridgehead atoms. The first-order valence-corrected chi connectivity index (χ1v) is 7.11. The molecule has 1 aromatic heterocycles. The number of nitrogens with one attached hydrogen (secondary N) is 1. The van der Waals surface area contributed by atoms with Crippen molar-refractivity contribution in [2.24, 2.45) is 0 Å². The van der Waals surface area contributed by atoms with Crippen LogP contribution in [0.15, 0.2) is 15.5 Å². The second kappa shape index (κ2) is 7.02. The molecule has 0 amide bonds. The van der Waals surface area contributed by atoms with Gasteiger partial charge in [-0.2, -0.15) is 5.10 Å². The molecule has 0 saturated carbocycles. The fraction of sp³-hybridized carbons (Fsp3) is 0.667. The van der Waals surface area contributed by atoms with Gasteiger partial charge in [0, 0.05) is 20.3 Å². The quantitative estimate of drug-likeness (QED) is 0.849. The number of hydrogen-bond acceptors (Lipinski definition) is 5. The molecule has 0 aromatic carbocycles. The minimum Gasteiger partial charge on any atom is -0.383 e. The summed E-state index contributed by atoms with van der Waals surface area (Å²) >= 11 is 3.32. The smallest absolute Gasteiger partial charge is 0.283 e. The Hall–Kier alpha value is -0.920. The van der Waals surface area contributed by atoms with Crippen LogP contribution in [-0.2, 0) is 16.0 Å². The number of anilines is 1. The monoisotopic (exact) mass is 331 g/mol. The number of aromatic nitrogens is 2. The second-order valence-corrected chi connectivity index (χ2v) is 5.20. The highest BCUT2D eigenvalue weighted by Crippen LogP contribution is 2.18. The Balaban J connectivity index is 2.01. The van der Waals surface area contributed by atoms with Crippen LogP contribution in [0, 0.1) is 0 Å². The van der Waals surface area contributed by atoms with E-state index >= 15 is 0 Å². The maximum absolute atomic E-state index is 12.0. The number of ether oxygens (including phenoxy) is 2. The molecule has 0 spiro atoms. The first kappa shape index (κ1) is 14.5. The molecule has 1 atom stereocenters. The Bertz CT molecular complexity index is 472. The summed E-state index contributed by atoms with van der Waals surface area (Å²) in [6.45, 7) is 2.42. The number of nitrogens with zero attached hydrogens (tertiary/aromatic N) is 2. The SMILES string of the molecule is COCCn1ncc(NCC2CCCO2)c(Br)c1=O. The lowest BCUT2D eigenvalue weighted by Gasteiger charge is -2.13. The van der Waals surface area contributed by atoms with Crippen molar-refractivity contribution in [3.8, 4) is 0 Å². The molecule has 7 heteroatoms. The fourth-order valence-electron chi connectivity index (χ4n) is 1.95. The van der Waals surface area contributed by atoms with Crippen LogP contribution in [0.25, 0.3) is 0 Å². The lowest BCUT2D eigenvalue weighted by molar-refractivity contribution is 0.120. The fourth-order valence-corrected chi connectivity index (χ4v) is 2.40. The van der Waals surface area contributed by atoms with Crippen molar-refractivity contribution in [2.75, 3.05) is 32.2 Å². The summed E-state index contributed by atoms with van der Waals surface area (Å²) in [5.74, 6) is 0. The standard InChI is InChI=1S/C12H18BrN3O3/c1-18-6-4-16-12(17)11(13)10(8-15-16)14-7-9-3-2-5-19-9/h8-9,14H,2-7H2,1H3. The molecular weight excluding hydrogens is 314 g/mol. The third kappa shape index (κ3) is 3.77. The zero-order valence-electron chi connectivity index (χ0n) is 10.9. The summed E-state index contributed by atoms with van der Waals surface area (Å²) in [5.41, 5.74) is 0.545. The van der Waals surface area contributed by atoms with E-state index in [1.165, 1.54) is 4.68 Å². The zero-order chi connectivity index (χ0) is 13.7. The third-order valence-electron chi connectivity index (χ3n) is 3.04. The van der Waals surface area contributed by atoms with Gasteiger partial charge in [0.2, 0.25) is 0 Å². The van der Waals surface area contributed by atoms with Gasteiger partial charge in [-0.1, -0.05) is 0 Å². The van der Waals surface area contributed by atoms with E-state index < -0.39 is 0 Å². The molecule has 1 aliphatic heterocycles. The van der Waals surface area contributed by atoms with Gasteiger partial charge in [0.05, 0.1) is 31.1 Å². The number of halogens is 1. The Kier molecular flexibility index (Phi) is 5.35. The van der Waals surface area contributed by atoms with Crippen molar-refractivity contribution >= 4 is 21.6 Å². The largest absolute Gasteiger partial charge is 0.383 e. The molecule has 1 unspecified atom stereocenters. The van der Waals surface area contributed by atoms with Gasteiger partial charge >= 0.3 is 0 Å². The van der Waals surface area contributed by atoms with E-state index in [1.54, 1.807) is 13.3 Å². The number of rotatable bonds is 6. The Morgan fingerprint density at radius 3 is 3.21 bits per heavy atom.